The van der Waals surface area contributed by atoms with Crippen molar-refractivity contribution < 1.29 is 4.39 Å². The van der Waals surface area contributed by atoms with Crippen LogP contribution in [0.3, 0.4) is 0 Å². The predicted octanol–water partition coefficient (Wildman–Crippen LogP) is 2.17. The molecule has 2 aromatic rings. The van der Waals surface area contributed by atoms with Gasteiger partial charge < -0.3 is 5.32 Å². The molecule has 1 N–H and O–H groups in total. The van der Waals surface area contributed by atoms with E-state index in [1.807, 2.05) is 6.07 Å². The topological polar surface area (TPSA) is 28.2 Å². The third-order valence-electron chi connectivity index (χ3n) is 3.81. The molecule has 4 heteroatoms. The van der Waals surface area contributed by atoms with Gasteiger partial charge in [0.15, 0.2) is 0 Å². The summed E-state index contributed by atoms with van der Waals surface area (Å²) in [6, 6.07) is 7.48. The number of benzene rings is 1. The number of pyridine rings is 1. The first-order valence-electron chi connectivity index (χ1n) is 6.72. The van der Waals surface area contributed by atoms with Gasteiger partial charge in [-0.05, 0) is 30.7 Å². The fraction of sp³-hybridized carbons (Fsp3) is 0.400. The van der Waals surface area contributed by atoms with E-state index in [-0.39, 0.29) is 5.82 Å². The molecule has 2 heterocycles. The lowest BCUT2D eigenvalue weighted by Crippen LogP contribution is -2.49. The molecule has 0 saturated carbocycles. The highest BCUT2D eigenvalue weighted by Gasteiger charge is 2.19. The number of hydrogen-bond acceptors (Lipinski definition) is 3. The minimum atomic E-state index is -0.194. The number of piperazine rings is 1. The van der Waals surface area contributed by atoms with Gasteiger partial charge >= 0.3 is 0 Å². The third-order valence-corrected chi connectivity index (χ3v) is 3.81. The minimum Gasteiger partial charge on any atom is -0.314 e. The molecule has 1 fully saturated rings. The number of nitrogens with one attached hydrogen (secondary N) is 1. The molecular formula is C15H18FN3. The van der Waals surface area contributed by atoms with Crippen molar-refractivity contribution in [2.45, 2.75) is 19.5 Å². The van der Waals surface area contributed by atoms with Crippen molar-refractivity contribution in [1.29, 1.82) is 0 Å². The molecule has 3 rings (SSSR count). The van der Waals surface area contributed by atoms with Crippen molar-refractivity contribution in [2.24, 2.45) is 0 Å². The Morgan fingerprint density at radius 1 is 1.42 bits per heavy atom. The summed E-state index contributed by atoms with van der Waals surface area (Å²) in [5.41, 5.74) is 1.89. The Kier molecular flexibility index (Phi) is 3.44. The monoisotopic (exact) mass is 259 g/mol. The SMILES string of the molecule is CC1CNCCN1Cc1ccc(F)c2cccnc12. The van der Waals surface area contributed by atoms with Crippen LogP contribution in [-0.4, -0.2) is 35.6 Å². The van der Waals surface area contributed by atoms with Gasteiger partial charge in [0.05, 0.1) is 5.52 Å². The molecule has 100 valence electrons. The summed E-state index contributed by atoms with van der Waals surface area (Å²) >= 11 is 0. The molecule has 1 unspecified atom stereocenters. The molecule has 0 bridgehead atoms. The molecule has 1 aliphatic rings. The summed E-state index contributed by atoms with van der Waals surface area (Å²) in [6.45, 7) is 6.08. The molecule has 1 saturated heterocycles. The Balaban J connectivity index is 1.94. The maximum atomic E-state index is 13.8. The first kappa shape index (κ1) is 12.5. The molecule has 1 atom stereocenters. The maximum absolute atomic E-state index is 13.8. The van der Waals surface area contributed by atoms with E-state index < -0.39 is 0 Å². The molecule has 0 amide bonds. The summed E-state index contributed by atoms with van der Waals surface area (Å²) in [5, 5.41) is 3.99. The van der Waals surface area contributed by atoms with Crippen LogP contribution in [0.15, 0.2) is 30.5 Å². The van der Waals surface area contributed by atoms with Gasteiger partial charge in [0, 0.05) is 43.8 Å². The molecule has 1 aromatic heterocycles. The van der Waals surface area contributed by atoms with E-state index in [1.165, 1.54) is 0 Å². The largest absolute Gasteiger partial charge is 0.314 e. The quantitative estimate of drug-likeness (QED) is 0.896. The molecule has 0 spiro atoms. The van der Waals surface area contributed by atoms with Crippen LogP contribution in [-0.2, 0) is 6.54 Å². The van der Waals surface area contributed by atoms with Gasteiger partial charge in [-0.1, -0.05) is 6.07 Å². The van der Waals surface area contributed by atoms with E-state index in [4.69, 9.17) is 0 Å². The van der Waals surface area contributed by atoms with Crippen molar-refractivity contribution in [3.05, 3.63) is 41.8 Å². The second kappa shape index (κ2) is 5.23. The number of halogens is 1. The Morgan fingerprint density at radius 2 is 2.32 bits per heavy atom. The number of nitrogens with zero attached hydrogens (tertiary/aromatic N) is 2. The predicted molar refractivity (Wildman–Crippen MR) is 74.4 cm³/mol. The summed E-state index contributed by atoms with van der Waals surface area (Å²) in [6.07, 6.45) is 1.73. The highest BCUT2D eigenvalue weighted by Crippen LogP contribution is 2.21. The molecule has 0 aliphatic carbocycles. The highest BCUT2D eigenvalue weighted by atomic mass is 19.1. The van der Waals surface area contributed by atoms with Gasteiger partial charge in [-0.2, -0.15) is 0 Å². The van der Waals surface area contributed by atoms with Crippen molar-refractivity contribution in [2.75, 3.05) is 19.6 Å². The number of aromatic nitrogens is 1. The zero-order valence-electron chi connectivity index (χ0n) is 11.1. The first-order chi connectivity index (χ1) is 9.25. The van der Waals surface area contributed by atoms with Gasteiger partial charge in [0.25, 0.3) is 0 Å². The summed E-state index contributed by atoms with van der Waals surface area (Å²) in [5.74, 6) is -0.194. The summed E-state index contributed by atoms with van der Waals surface area (Å²) < 4.78 is 13.8. The molecule has 19 heavy (non-hydrogen) atoms. The normalized spacial score (nSPS) is 20.8. The molecule has 3 nitrogen and oxygen atoms in total. The van der Waals surface area contributed by atoms with Crippen LogP contribution in [0.5, 0.6) is 0 Å². The van der Waals surface area contributed by atoms with Crippen molar-refractivity contribution in [3.8, 4) is 0 Å². The Hall–Kier alpha value is -1.52. The van der Waals surface area contributed by atoms with Gasteiger partial charge in [0.1, 0.15) is 5.82 Å². The van der Waals surface area contributed by atoms with Crippen LogP contribution < -0.4 is 5.32 Å². The average Bonchev–Trinajstić information content (AvgIpc) is 2.44. The van der Waals surface area contributed by atoms with Crippen LogP contribution in [0.25, 0.3) is 10.9 Å². The lowest BCUT2D eigenvalue weighted by molar-refractivity contribution is 0.166. The van der Waals surface area contributed by atoms with Crippen molar-refractivity contribution in [3.63, 3.8) is 0 Å². The lowest BCUT2D eigenvalue weighted by atomic mass is 10.1. The molecule has 1 aliphatic heterocycles. The van der Waals surface area contributed by atoms with E-state index in [2.05, 4.69) is 22.1 Å². The van der Waals surface area contributed by atoms with Crippen LogP contribution in [0.2, 0.25) is 0 Å². The number of rotatable bonds is 2. The Bertz CT molecular complexity index is 585. The molecular weight excluding hydrogens is 241 g/mol. The fourth-order valence-electron chi connectivity index (χ4n) is 2.66. The maximum Gasteiger partial charge on any atom is 0.132 e. The first-order valence-corrected chi connectivity index (χ1v) is 6.72. The zero-order valence-corrected chi connectivity index (χ0v) is 11.1. The van der Waals surface area contributed by atoms with Crippen LogP contribution in [0, 0.1) is 5.82 Å². The van der Waals surface area contributed by atoms with Crippen LogP contribution in [0.1, 0.15) is 12.5 Å². The van der Waals surface area contributed by atoms with E-state index in [0.29, 0.717) is 11.4 Å². The van der Waals surface area contributed by atoms with Crippen molar-refractivity contribution >= 4 is 10.9 Å². The minimum absolute atomic E-state index is 0.194. The van der Waals surface area contributed by atoms with Gasteiger partial charge in [-0.3, -0.25) is 9.88 Å². The van der Waals surface area contributed by atoms with E-state index in [0.717, 1.165) is 37.3 Å². The zero-order chi connectivity index (χ0) is 13.2. The number of fused-ring (bicyclic) bond motifs is 1. The average molecular weight is 259 g/mol. The Labute approximate surface area is 112 Å². The third kappa shape index (κ3) is 2.46. The smallest absolute Gasteiger partial charge is 0.132 e. The lowest BCUT2D eigenvalue weighted by Gasteiger charge is -2.34. The van der Waals surface area contributed by atoms with E-state index in [9.17, 15) is 4.39 Å². The summed E-state index contributed by atoms with van der Waals surface area (Å²) in [4.78, 5) is 6.76. The highest BCUT2D eigenvalue weighted by molar-refractivity contribution is 5.82. The Morgan fingerprint density at radius 3 is 3.16 bits per heavy atom. The van der Waals surface area contributed by atoms with Gasteiger partial charge in [0.2, 0.25) is 0 Å². The van der Waals surface area contributed by atoms with Crippen LogP contribution >= 0.6 is 0 Å². The second-order valence-corrected chi connectivity index (χ2v) is 5.13. The summed E-state index contributed by atoms with van der Waals surface area (Å²) in [7, 11) is 0. The van der Waals surface area contributed by atoms with E-state index >= 15 is 0 Å². The standard InChI is InChI=1S/C15H18FN3/c1-11-9-17-7-8-19(11)10-12-4-5-14(16)13-3-2-6-18-15(12)13/h2-6,11,17H,7-10H2,1H3. The number of hydrogen-bond donors (Lipinski definition) is 1. The second-order valence-electron chi connectivity index (χ2n) is 5.13. The van der Waals surface area contributed by atoms with Crippen LogP contribution in [0.4, 0.5) is 4.39 Å². The van der Waals surface area contributed by atoms with Gasteiger partial charge in [-0.25, -0.2) is 4.39 Å². The van der Waals surface area contributed by atoms with E-state index in [1.54, 1.807) is 24.4 Å². The fourth-order valence-corrected chi connectivity index (χ4v) is 2.66. The molecule has 0 radical (unpaired) electrons. The molecule has 1 aromatic carbocycles. The van der Waals surface area contributed by atoms with Gasteiger partial charge in [-0.15, -0.1) is 0 Å². The van der Waals surface area contributed by atoms with Crippen molar-refractivity contribution in [1.82, 2.24) is 15.2 Å².